The molecule has 118 valence electrons. The molecule has 1 amide bonds. The number of benzene rings is 1. The number of amides is 1. The number of para-hydroxylation sites is 1. The highest BCUT2D eigenvalue weighted by molar-refractivity contribution is 7.15. The van der Waals surface area contributed by atoms with Crippen LogP contribution in [0.4, 0.5) is 10.8 Å². The van der Waals surface area contributed by atoms with Crippen LogP contribution in [0.25, 0.3) is 0 Å². The Kier molecular flexibility index (Phi) is 5.85. The van der Waals surface area contributed by atoms with Gasteiger partial charge in [0.15, 0.2) is 0 Å². The average molecular weight is 320 g/mol. The molecule has 22 heavy (non-hydrogen) atoms. The summed E-state index contributed by atoms with van der Waals surface area (Å²) in [5, 5.41) is 15.9. The molecule has 7 heteroatoms. The zero-order valence-corrected chi connectivity index (χ0v) is 13.7. The quantitative estimate of drug-likeness (QED) is 0.820. The Morgan fingerprint density at radius 3 is 2.86 bits per heavy atom. The fourth-order valence-electron chi connectivity index (χ4n) is 1.78. The van der Waals surface area contributed by atoms with Gasteiger partial charge in [0.1, 0.15) is 11.1 Å². The van der Waals surface area contributed by atoms with Crippen LogP contribution in [0, 0.1) is 0 Å². The molecule has 1 atom stereocenters. The van der Waals surface area contributed by atoms with Crippen LogP contribution in [0.1, 0.15) is 36.9 Å². The third-order valence-corrected chi connectivity index (χ3v) is 4.20. The molecule has 0 bridgehead atoms. The van der Waals surface area contributed by atoms with Crippen LogP contribution in [-0.4, -0.2) is 23.2 Å². The maximum Gasteiger partial charge on any atom is 0.219 e. The highest BCUT2D eigenvalue weighted by Gasteiger charge is 2.12. The van der Waals surface area contributed by atoms with E-state index in [2.05, 4.69) is 20.8 Å². The predicted octanol–water partition coefficient (Wildman–Crippen LogP) is 3.02. The molecule has 0 saturated carbocycles. The number of carbonyl (C=O) groups is 1. The van der Waals surface area contributed by atoms with Gasteiger partial charge in [0.2, 0.25) is 11.0 Å². The second-order valence-electron chi connectivity index (χ2n) is 4.74. The third kappa shape index (κ3) is 4.25. The lowest BCUT2D eigenvalue weighted by atomic mass is 10.2. The number of methoxy groups -OCH3 is 1. The Bertz CT molecular complexity index is 630. The van der Waals surface area contributed by atoms with E-state index >= 15 is 0 Å². The summed E-state index contributed by atoms with van der Waals surface area (Å²) >= 11 is 1.45. The molecule has 0 saturated heterocycles. The van der Waals surface area contributed by atoms with E-state index in [0.717, 1.165) is 16.3 Å². The van der Waals surface area contributed by atoms with Crippen molar-refractivity contribution in [2.45, 2.75) is 32.9 Å². The number of carbonyl (C=O) groups excluding carboxylic acids is 1. The van der Waals surface area contributed by atoms with Crippen LogP contribution in [0.2, 0.25) is 0 Å². The average Bonchev–Trinajstić information content (AvgIpc) is 3.01. The molecule has 0 aliphatic rings. The Labute approximate surface area is 133 Å². The zero-order chi connectivity index (χ0) is 15.9. The van der Waals surface area contributed by atoms with Gasteiger partial charge in [0, 0.05) is 25.8 Å². The van der Waals surface area contributed by atoms with E-state index in [9.17, 15) is 4.79 Å². The monoisotopic (exact) mass is 320 g/mol. The first-order valence-electron chi connectivity index (χ1n) is 7.11. The lowest BCUT2D eigenvalue weighted by Crippen LogP contribution is -2.21. The molecular weight excluding hydrogens is 300 g/mol. The Morgan fingerprint density at radius 1 is 1.36 bits per heavy atom. The third-order valence-electron chi connectivity index (χ3n) is 3.20. The fraction of sp³-hybridized carbons (Fsp3) is 0.400. The molecule has 0 spiro atoms. The second kappa shape index (κ2) is 7.86. The Balaban J connectivity index is 2.09. The van der Waals surface area contributed by atoms with Crippen LogP contribution in [0.5, 0.6) is 0 Å². The van der Waals surface area contributed by atoms with Gasteiger partial charge in [-0.2, -0.15) is 0 Å². The number of hydrogen-bond donors (Lipinski definition) is 2. The number of ether oxygens (including phenoxy) is 1. The molecule has 2 rings (SSSR count). The number of hydrogen-bond acceptors (Lipinski definition) is 6. The molecular formula is C15H20N4O2S. The van der Waals surface area contributed by atoms with Crippen molar-refractivity contribution in [3.05, 3.63) is 34.8 Å². The van der Waals surface area contributed by atoms with Crippen molar-refractivity contribution < 1.29 is 9.53 Å². The number of anilines is 2. The van der Waals surface area contributed by atoms with E-state index in [-0.39, 0.29) is 12.0 Å². The summed E-state index contributed by atoms with van der Waals surface area (Å²) in [6, 6.07) is 7.80. The molecule has 1 heterocycles. The van der Waals surface area contributed by atoms with E-state index < -0.39 is 0 Å². The first kappa shape index (κ1) is 16.4. The largest absolute Gasteiger partial charge is 0.374 e. The molecule has 0 fully saturated rings. The van der Waals surface area contributed by atoms with Crippen LogP contribution in [0.3, 0.4) is 0 Å². The summed E-state index contributed by atoms with van der Waals surface area (Å²) in [6.45, 7) is 4.24. The van der Waals surface area contributed by atoms with Crippen LogP contribution in [0.15, 0.2) is 24.3 Å². The van der Waals surface area contributed by atoms with Crippen molar-refractivity contribution in [1.29, 1.82) is 0 Å². The van der Waals surface area contributed by atoms with Gasteiger partial charge in [-0.3, -0.25) is 4.79 Å². The minimum Gasteiger partial charge on any atom is -0.374 e. The van der Waals surface area contributed by atoms with Gasteiger partial charge < -0.3 is 15.4 Å². The van der Waals surface area contributed by atoms with Crippen LogP contribution >= 0.6 is 11.3 Å². The highest BCUT2D eigenvalue weighted by atomic mass is 32.1. The first-order chi connectivity index (χ1) is 10.6. The SMILES string of the molecule is CCC(=O)NCc1ccccc1Nc1nnc(C(C)OC)s1. The maximum absolute atomic E-state index is 11.4. The molecule has 6 nitrogen and oxygen atoms in total. The van der Waals surface area contributed by atoms with Gasteiger partial charge in [-0.25, -0.2) is 0 Å². The Morgan fingerprint density at radius 2 is 2.14 bits per heavy atom. The smallest absolute Gasteiger partial charge is 0.219 e. The summed E-state index contributed by atoms with van der Waals surface area (Å²) in [5.41, 5.74) is 1.91. The van der Waals surface area contributed by atoms with Crippen molar-refractivity contribution in [1.82, 2.24) is 15.5 Å². The lowest BCUT2D eigenvalue weighted by molar-refractivity contribution is -0.120. The van der Waals surface area contributed by atoms with E-state index in [1.807, 2.05) is 38.1 Å². The minimum atomic E-state index is -0.0767. The predicted molar refractivity (Wildman–Crippen MR) is 87.2 cm³/mol. The van der Waals surface area contributed by atoms with Crippen molar-refractivity contribution >= 4 is 28.1 Å². The van der Waals surface area contributed by atoms with E-state index in [0.29, 0.717) is 18.1 Å². The second-order valence-corrected chi connectivity index (χ2v) is 5.74. The number of rotatable bonds is 7. The van der Waals surface area contributed by atoms with Crippen LogP contribution in [-0.2, 0) is 16.1 Å². The van der Waals surface area contributed by atoms with Gasteiger partial charge >= 0.3 is 0 Å². The minimum absolute atomic E-state index is 0.0296. The van der Waals surface area contributed by atoms with Gasteiger partial charge in [-0.15, -0.1) is 10.2 Å². The van der Waals surface area contributed by atoms with E-state index in [1.165, 1.54) is 11.3 Å². The highest BCUT2D eigenvalue weighted by Crippen LogP contribution is 2.27. The van der Waals surface area contributed by atoms with Crippen molar-refractivity contribution in [3.63, 3.8) is 0 Å². The normalized spacial score (nSPS) is 12.0. The molecule has 0 radical (unpaired) electrons. The molecule has 1 unspecified atom stereocenters. The maximum atomic E-state index is 11.4. The fourth-order valence-corrected chi connectivity index (χ4v) is 2.57. The molecule has 0 aliphatic heterocycles. The van der Waals surface area contributed by atoms with Crippen LogP contribution < -0.4 is 10.6 Å². The van der Waals surface area contributed by atoms with E-state index in [1.54, 1.807) is 7.11 Å². The molecule has 0 aliphatic carbocycles. The summed E-state index contributed by atoms with van der Waals surface area (Å²) < 4.78 is 5.23. The van der Waals surface area contributed by atoms with Gasteiger partial charge in [0.05, 0.1) is 0 Å². The van der Waals surface area contributed by atoms with Gasteiger partial charge in [-0.05, 0) is 18.6 Å². The van der Waals surface area contributed by atoms with Crippen molar-refractivity contribution in [3.8, 4) is 0 Å². The first-order valence-corrected chi connectivity index (χ1v) is 7.93. The topological polar surface area (TPSA) is 76.1 Å². The van der Waals surface area contributed by atoms with Crippen molar-refractivity contribution in [2.75, 3.05) is 12.4 Å². The molecule has 2 N–H and O–H groups in total. The molecule has 2 aromatic rings. The van der Waals surface area contributed by atoms with Crippen molar-refractivity contribution in [2.24, 2.45) is 0 Å². The lowest BCUT2D eigenvalue weighted by Gasteiger charge is -2.10. The number of nitrogens with zero attached hydrogens (tertiary/aromatic N) is 2. The number of nitrogens with one attached hydrogen (secondary N) is 2. The Hall–Kier alpha value is -1.99. The summed E-state index contributed by atoms with van der Waals surface area (Å²) in [7, 11) is 1.64. The summed E-state index contributed by atoms with van der Waals surface area (Å²) in [5.74, 6) is 0.0296. The number of aromatic nitrogens is 2. The summed E-state index contributed by atoms with van der Waals surface area (Å²) in [6.07, 6.45) is 0.400. The van der Waals surface area contributed by atoms with Gasteiger partial charge in [-0.1, -0.05) is 36.5 Å². The molecule has 1 aromatic carbocycles. The van der Waals surface area contributed by atoms with Gasteiger partial charge in [0.25, 0.3) is 0 Å². The molecule has 1 aromatic heterocycles. The van der Waals surface area contributed by atoms with E-state index in [4.69, 9.17) is 4.74 Å². The standard InChI is InChI=1S/C15H20N4O2S/c1-4-13(20)16-9-11-7-5-6-8-12(11)17-15-19-18-14(22-15)10(2)21-3/h5-8,10H,4,9H2,1-3H3,(H,16,20)(H,17,19). The summed E-state index contributed by atoms with van der Waals surface area (Å²) in [4.78, 5) is 11.4. The zero-order valence-electron chi connectivity index (χ0n) is 12.9.